The van der Waals surface area contributed by atoms with E-state index in [0.717, 1.165) is 16.8 Å². The zero-order chi connectivity index (χ0) is 16.2. The molecule has 3 rings (SSSR count). The SMILES string of the molecule is Cc1c2ccc(=O)cc-2onc1CCNC(=O)c1ccncc1. The van der Waals surface area contributed by atoms with Gasteiger partial charge in [0.2, 0.25) is 0 Å². The normalized spacial score (nSPS) is 10.7. The van der Waals surface area contributed by atoms with Crippen LogP contribution in [0, 0.1) is 6.92 Å². The van der Waals surface area contributed by atoms with E-state index in [1.165, 1.54) is 12.1 Å². The Morgan fingerprint density at radius 3 is 2.78 bits per heavy atom. The van der Waals surface area contributed by atoms with Gasteiger partial charge in [-0.2, -0.15) is 0 Å². The van der Waals surface area contributed by atoms with Crippen molar-refractivity contribution in [3.8, 4) is 11.3 Å². The lowest BCUT2D eigenvalue weighted by atomic mass is 10.0. The number of aromatic nitrogens is 2. The van der Waals surface area contributed by atoms with Gasteiger partial charge in [-0.25, -0.2) is 0 Å². The Hall–Kier alpha value is -3.02. The third kappa shape index (κ3) is 3.26. The summed E-state index contributed by atoms with van der Waals surface area (Å²) in [5, 5.41) is 6.88. The molecule has 1 amide bonds. The number of rotatable bonds is 4. The molecule has 2 heterocycles. The Kier molecular flexibility index (Phi) is 4.14. The maximum absolute atomic E-state index is 12.0. The van der Waals surface area contributed by atoms with Gasteiger partial charge in [-0.1, -0.05) is 5.16 Å². The molecule has 6 nitrogen and oxygen atoms in total. The number of hydrogen-bond donors (Lipinski definition) is 1. The lowest BCUT2D eigenvalue weighted by Gasteiger charge is -2.11. The van der Waals surface area contributed by atoms with Crippen molar-refractivity contribution >= 4 is 5.91 Å². The quantitative estimate of drug-likeness (QED) is 0.794. The number of fused-ring (bicyclic) bond motifs is 1. The summed E-state index contributed by atoms with van der Waals surface area (Å²) in [4.78, 5) is 27.2. The smallest absolute Gasteiger partial charge is 0.251 e. The van der Waals surface area contributed by atoms with Gasteiger partial charge >= 0.3 is 0 Å². The maximum atomic E-state index is 12.0. The zero-order valence-electron chi connectivity index (χ0n) is 12.6. The van der Waals surface area contributed by atoms with Crippen LogP contribution in [0.2, 0.25) is 0 Å². The lowest BCUT2D eigenvalue weighted by Crippen LogP contribution is -2.26. The molecule has 116 valence electrons. The number of carbonyl (C=O) groups excluding carboxylic acids is 1. The summed E-state index contributed by atoms with van der Waals surface area (Å²) in [6.07, 6.45) is 3.70. The summed E-state index contributed by atoms with van der Waals surface area (Å²) >= 11 is 0. The van der Waals surface area contributed by atoms with Gasteiger partial charge in [-0.05, 0) is 36.8 Å². The van der Waals surface area contributed by atoms with E-state index < -0.39 is 0 Å². The molecule has 1 aliphatic carbocycles. The largest absolute Gasteiger partial charge is 0.356 e. The number of amides is 1. The molecule has 0 aromatic carbocycles. The van der Waals surface area contributed by atoms with Crippen LogP contribution in [0.15, 0.2) is 52.0 Å². The minimum atomic E-state index is -0.154. The highest BCUT2D eigenvalue weighted by Gasteiger charge is 2.13. The number of benzene rings is 1. The van der Waals surface area contributed by atoms with Gasteiger partial charge < -0.3 is 9.84 Å². The summed E-state index contributed by atoms with van der Waals surface area (Å²) < 4.78 is 5.28. The number of nitrogens with zero attached hydrogens (tertiary/aromatic N) is 2. The fourth-order valence-electron chi connectivity index (χ4n) is 2.35. The van der Waals surface area contributed by atoms with Gasteiger partial charge in [0, 0.05) is 42.6 Å². The Labute approximate surface area is 132 Å². The van der Waals surface area contributed by atoms with Gasteiger partial charge in [0.1, 0.15) is 0 Å². The Bertz CT molecular complexity index is 859. The number of hydrogen-bond acceptors (Lipinski definition) is 5. The van der Waals surface area contributed by atoms with Crippen molar-refractivity contribution in [2.75, 3.05) is 6.54 Å². The van der Waals surface area contributed by atoms with E-state index in [4.69, 9.17) is 4.52 Å². The topological polar surface area (TPSA) is 85.1 Å². The average molecular weight is 309 g/mol. The first-order chi connectivity index (χ1) is 11.1. The highest BCUT2D eigenvalue weighted by Crippen LogP contribution is 2.24. The highest BCUT2D eigenvalue weighted by atomic mass is 16.5. The number of nitrogens with one attached hydrogen (secondary N) is 1. The summed E-state index contributed by atoms with van der Waals surface area (Å²) in [6, 6.07) is 7.97. The number of carbonyl (C=O) groups is 1. The highest BCUT2D eigenvalue weighted by molar-refractivity contribution is 5.93. The lowest BCUT2D eigenvalue weighted by molar-refractivity contribution is 0.0953. The zero-order valence-corrected chi connectivity index (χ0v) is 12.6. The molecule has 0 spiro atoms. The molecular formula is C17H15N3O3. The Morgan fingerprint density at radius 1 is 1.22 bits per heavy atom. The van der Waals surface area contributed by atoms with Crippen LogP contribution < -0.4 is 10.7 Å². The van der Waals surface area contributed by atoms with Crippen LogP contribution in [0.3, 0.4) is 0 Å². The molecule has 1 N–H and O–H groups in total. The summed E-state index contributed by atoms with van der Waals surface area (Å²) in [5.74, 6) is 0.318. The van der Waals surface area contributed by atoms with E-state index in [2.05, 4.69) is 15.5 Å². The first-order valence-corrected chi connectivity index (χ1v) is 7.22. The van der Waals surface area contributed by atoms with Crippen molar-refractivity contribution in [3.63, 3.8) is 0 Å². The van der Waals surface area contributed by atoms with Gasteiger partial charge in [0.25, 0.3) is 5.91 Å². The van der Waals surface area contributed by atoms with Crippen molar-refractivity contribution in [2.45, 2.75) is 13.3 Å². The first-order valence-electron chi connectivity index (χ1n) is 7.22. The van der Waals surface area contributed by atoms with Gasteiger partial charge in [0.05, 0.1) is 5.69 Å². The molecule has 0 unspecified atom stereocenters. The van der Waals surface area contributed by atoms with Crippen molar-refractivity contribution in [1.29, 1.82) is 0 Å². The summed E-state index contributed by atoms with van der Waals surface area (Å²) in [7, 11) is 0. The minimum Gasteiger partial charge on any atom is -0.356 e. The predicted molar refractivity (Wildman–Crippen MR) is 84.4 cm³/mol. The fraction of sp³-hybridized carbons (Fsp3) is 0.176. The van der Waals surface area contributed by atoms with Crippen LogP contribution in [0.1, 0.15) is 21.6 Å². The minimum absolute atomic E-state index is 0.111. The standard InChI is InChI=1S/C17H15N3O3/c1-11-14-3-2-13(21)10-16(14)23-20-15(11)6-9-19-17(22)12-4-7-18-8-5-12/h2-5,7-8,10H,6,9H2,1H3,(H,19,22). The summed E-state index contributed by atoms with van der Waals surface area (Å²) in [5.41, 5.74) is 3.02. The molecule has 0 fully saturated rings. The molecule has 1 aromatic rings. The van der Waals surface area contributed by atoms with Crippen LogP contribution in [0.4, 0.5) is 0 Å². The predicted octanol–water partition coefficient (Wildman–Crippen LogP) is 1.82. The average Bonchev–Trinajstić information content (AvgIpc) is 2.57. The number of pyridine rings is 1. The summed E-state index contributed by atoms with van der Waals surface area (Å²) in [6.45, 7) is 2.37. The Balaban J connectivity index is 1.69. The van der Waals surface area contributed by atoms with E-state index in [1.807, 2.05) is 6.92 Å². The van der Waals surface area contributed by atoms with Crippen LogP contribution >= 0.6 is 0 Å². The third-order valence-electron chi connectivity index (χ3n) is 3.63. The van der Waals surface area contributed by atoms with E-state index in [9.17, 15) is 9.59 Å². The fourth-order valence-corrected chi connectivity index (χ4v) is 2.35. The maximum Gasteiger partial charge on any atom is 0.251 e. The second-order valence-corrected chi connectivity index (χ2v) is 5.15. The van der Waals surface area contributed by atoms with Crippen molar-refractivity contribution < 1.29 is 9.32 Å². The van der Waals surface area contributed by atoms with E-state index >= 15 is 0 Å². The van der Waals surface area contributed by atoms with Crippen molar-refractivity contribution in [1.82, 2.24) is 15.5 Å². The van der Waals surface area contributed by atoms with E-state index in [1.54, 1.807) is 30.6 Å². The molecule has 23 heavy (non-hydrogen) atoms. The van der Waals surface area contributed by atoms with E-state index in [-0.39, 0.29) is 11.3 Å². The molecule has 0 saturated carbocycles. The van der Waals surface area contributed by atoms with Gasteiger partial charge in [-0.15, -0.1) is 0 Å². The molecule has 1 aromatic heterocycles. The second kappa shape index (κ2) is 6.39. The molecule has 1 aliphatic heterocycles. The molecule has 0 bridgehead atoms. The molecule has 0 atom stereocenters. The molecule has 2 aliphatic rings. The first kappa shape index (κ1) is 14.9. The molecule has 0 radical (unpaired) electrons. The van der Waals surface area contributed by atoms with Crippen LogP contribution in [-0.2, 0) is 6.42 Å². The third-order valence-corrected chi connectivity index (χ3v) is 3.63. The van der Waals surface area contributed by atoms with Crippen molar-refractivity contribution in [2.24, 2.45) is 0 Å². The van der Waals surface area contributed by atoms with Gasteiger partial charge in [0.15, 0.2) is 11.2 Å². The van der Waals surface area contributed by atoms with Crippen LogP contribution in [0.5, 0.6) is 0 Å². The molecule has 0 saturated heterocycles. The van der Waals surface area contributed by atoms with Gasteiger partial charge in [-0.3, -0.25) is 14.6 Å². The Morgan fingerprint density at radius 2 is 2.00 bits per heavy atom. The second-order valence-electron chi connectivity index (χ2n) is 5.15. The van der Waals surface area contributed by atoms with Crippen LogP contribution in [-0.4, -0.2) is 22.6 Å². The molecular weight excluding hydrogens is 294 g/mol. The van der Waals surface area contributed by atoms with Crippen LogP contribution in [0.25, 0.3) is 11.3 Å². The monoisotopic (exact) mass is 309 g/mol. The van der Waals surface area contributed by atoms with Crippen molar-refractivity contribution in [3.05, 3.63) is 69.8 Å². The molecule has 6 heteroatoms. The van der Waals surface area contributed by atoms with E-state index in [0.29, 0.717) is 24.3 Å².